The van der Waals surface area contributed by atoms with Crippen molar-refractivity contribution in [3.63, 3.8) is 0 Å². The minimum atomic E-state index is -0.821. The molecule has 1 aromatic carbocycles. The van der Waals surface area contributed by atoms with Crippen LogP contribution in [0.2, 0.25) is 0 Å². The summed E-state index contributed by atoms with van der Waals surface area (Å²) >= 11 is 2.99. The number of carboxylic acids is 1. The van der Waals surface area contributed by atoms with Gasteiger partial charge in [0.25, 0.3) is 0 Å². The van der Waals surface area contributed by atoms with E-state index in [4.69, 9.17) is 5.11 Å². The molecule has 0 saturated carbocycles. The Morgan fingerprint density at radius 2 is 2.12 bits per heavy atom. The average molecular weight is 265 g/mol. The van der Waals surface area contributed by atoms with Crippen LogP contribution in [0.15, 0.2) is 34.7 Å². The van der Waals surface area contributed by atoms with Crippen molar-refractivity contribution in [1.82, 2.24) is 4.98 Å². The second-order valence-electron chi connectivity index (χ2n) is 3.39. The van der Waals surface area contributed by atoms with Crippen molar-refractivity contribution in [2.45, 2.75) is 10.8 Å². The van der Waals surface area contributed by atoms with E-state index in [9.17, 15) is 4.79 Å². The third kappa shape index (κ3) is 2.87. The molecule has 2 aromatic rings. The van der Waals surface area contributed by atoms with E-state index in [1.807, 2.05) is 36.6 Å². The lowest BCUT2D eigenvalue weighted by atomic mass is 10.1. The highest BCUT2D eigenvalue weighted by Crippen LogP contribution is 2.32. The van der Waals surface area contributed by atoms with E-state index in [-0.39, 0.29) is 6.42 Å². The predicted molar refractivity (Wildman–Crippen MR) is 70.7 cm³/mol. The van der Waals surface area contributed by atoms with Crippen LogP contribution < -0.4 is 0 Å². The molecule has 0 aliphatic carbocycles. The third-order valence-corrected chi connectivity index (χ3v) is 4.25. The first kappa shape index (κ1) is 12.1. The first-order valence-corrected chi connectivity index (χ1v) is 7.05. The number of benzene rings is 1. The SMILES string of the molecule is CSc1nc(-c2ccccc2)c(CC(=O)O)s1. The van der Waals surface area contributed by atoms with Gasteiger partial charge >= 0.3 is 5.97 Å². The van der Waals surface area contributed by atoms with E-state index in [0.717, 1.165) is 20.5 Å². The van der Waals surface area contributed by atoms with Gasteiger partial charge in [-0.25, -0.2) is 4.98 Å². The predicted octanol–water partition coefficient (Wildman–Crippen LogP) is 3.16. The molecule has 0 bridgehead atoms. The van der Waals surface area contributed by atoms with Gasteiger partial charge in [-0.3, -0.25) is 4.79 Å². The zero-order valence-corrected chi connectivity index (χ0v) is 10.8. The minimum absolute atomic E-state index is 0.0302. The second-order valence-corrected chi connectivity index (χ2v) is 5.53. The van der Waals surface area contributed by atoms with Crippen molar-refractivity contribution in [3.05, 3.63) is 35.2 Å². The second kappa shape index (κ2) is 5.33. The van der Waals surface area contributed by atoms with Gasteiger partial charge in [0.2, 0.25) is 0 Å². The van der Waals surface area contributed by atoms with Gasteiger partial charge in [0.05, 0.1) is 12.1 Å². The molecular weight excluding hydrogens is 254 g/mol. The molecule has 0 unspecified atom stereocenters. The number of carboxylic acid groups (broad SMARTS) is 1. The lowest BCUT2D eigenvalue weighted by Gasteiger charge is -1.99. The van der Waals surface area contributed by atoms with Crippen LogP contribution in [0, 0.1) is 0 Å². The molecule has 5 heteroatoms. The first-order valence-electron chi connectivity index (χ1n) is 5.01. The van der Waals surface area contributed by atoms with Gasteiger partial charge in [-0.05, 0) is 6.26 Å². The van der Waals surface area contributed by atoms with Crippen molar-refractivity contribution in [2.24, 2.45) is 0 Å². The van der Waals surface area contributed by atoms with Gasteiger partial charge in [-0.2, -0.15) is 0 Å². The van der Waals surface area contributed by atoms with E-state index >= 15 is 0 Å². The largest absolute Gasteiger partial charge is 0.481 e. The Labute approximate surface area is 108 Å². The fraction of sp³-hybridized carbons (Fsp3) is 0.167. The Morgan fingerprint density at radius 3 is 2.71 bits per heavy atom. The van der Waals surface area contributed by atoms with E-state index in [1.165, 1.54) is 11.3 Å². The molecule has 0 radical (unpaired) electrons. The molecule has 2 rings (SSSR count). The summed E-state index contributed by atoms with van der Waals surface area (Å²) in [7, 11) is 0. The molecule has 0 fully saturated rings. The van der Waals surface area contributed by atoms with E-state index in [1.54, 1.807) is 11.8 Å². The van der Waals surface area contributed by atoms with E-state index in [2.05, 4.69) is 4.98 Å². The van der Waals surface area contributed by atoms with Gasteiger partial charge in [-0.15, -0.1) is 11.3 Å². The van der Waals surface area contributed by atoms with Crippen molar-refractivity contribution >= 4 is 29.1 Å². The Bertz CT molecular complexity index is 523. The monoisotopic (exact) mass is 265 g/mol. The summed E-state index contributed by atoms with van der Waals surface area (Å²) < 4.78 is 0.903. The minimum Gasteiger partial charge on any atom is -0.481 e. The van der Waals surface area contributed by atoms with Crippen molar-refractivity contribution in [2.75, 3.05) is 6.26 Å². The third-order valence-electron chi connectivity index (χ3n) is 2.21. The number of thiazole rings is 1. The summed E-state index contributed by atoms with van der Waals surface area (Å²) in [6.45, 7) is 0. The maximum absolute atomic E-state index is 10.8. The summed E-state index contributed by atoms with van der Waals surface area (Å²) in [5.41, 5.74) is 1.77. The lowest BCUT2D eigenvalue weighted by Crippen LogP contribution is -1.99. The molecule has 17 heavy (non-hydrogen) atoms. The maximum Gasteiger partial charge on any atom is 0.308 e. The zero-order chi connectivity index (χ0) is 12.3. The highest BCUT2D eigenvalue weighted by molar-refractivity contribution is 8.00. The average Bonchev–Trinajstić information content (AvgIpc) is 2.72. The molecule has 1 heterocycles. The first-order chi connectivity index (χ1) is 8.20. The molecule has 1 N–H and O–H groups in total. The van der Waals surface area contributed by atoms with Crippen LogP contribution in [0.5, 0.6) is 0 Å². The van der Waals surface area contributed by atoms with Gasteiger partial charge in [-0.1, -0.05) is 42.1 Å². The van der Waals surface area contributed by atoms with Crippen LogP contribution in [-0.2, 0) is 11.2 Å². The normalized spacial score (nSPS) is 10.4. The molecule has 3 nitrogen and oxygen atoms in total. The molecule has 0 aliphatic rings. The fourth-order valence-electron chi connectivity index (χ4n) is 1.50. The number of carbonyl (C=O) groups is 1. The number of aliphatic carboxylic acids is 1. The summed E-state index contributed by atoms with van der Waals surface area (Å²) in [5.74, 6) is -0.821. The molecular formula is C12H11NO2S2. The lowest BCUT2D eigenvalue weighted by molar-refractivity contribution is -0.136. The van der Waals surface area contributed by atoms with Crippen LogP contribution >= 0.6 is 23.1 Å². The zero-order valence-electron chi connectivity index (χ0n) is 9.21. The van der Waals surface area contributed by atoms with Crippen LogP contribution in [-0.4, -0.2) is 22.3 Å². The fourth-order valence-corrected chi connectivity index (χ4v) is 3.12. The summed E-state index contributed by atoms with van der Waals surface area (Å²) in [6.07, 6.45) is 1.97. The number of hydrogen-bond donors (Lipinski definition) is 1. The van der Waals surface area contributed by atoms with Crippen molar-refractivity contribution < 1.29 is 9.90 Å². The van der Waals surface area contributed by atoms with Crippen LogP contribution in [0.25, 0.3) is 11.3 Å². The van der Waals surface area contributed by atoms with Crippen LogP contribution in [0.4, 0.5) is 0 Å². The molecule has 1 aromatic heterocycles. The maximum atomic E-state index is 10.8. The van der Waals surface area contributed by atoms with Crippen LogP contribution in [0.1, 0.15) is 4.88 Å². The van der Waals surface area contributed by atoms with Crippen molar-refractivity contribution in [3.8, 4) is 11.3 Å². The van der Waals surface area contributed by atoms with Gasteiger partial charge in [0, 0.05) is 10.4 Å². The number of thioether (sulfide) groups is 1. The van der Waals surface area contributed by atoms with Crippen LogP contribution in [0.3, 0.4) is 0 Å². The van der Waals surface area contributed by atoms with Crippen molar-refractivity contribution in [1.29, 1.82) is 0 Å². The highest BCUT2D eigenvalue weighted by atomic mass is 32.2. The molecule has 0 saturated heterocycles. The highest BCUT2D eigenvalue weighted by Gasteiger charge is 2.14. The molecule has 0 atom stereocenters. The molecule has 88 valence electrons. The number of nitrogens with zero attached hydrogens (tertiary/aromatic N) is 1. The van der Waals surface area contributed by atoms with E-state index in [0.29, 0.717) is 0 Å². The quantitative estimate of drug-likeness (QED) is 0.863. The van der Waals surface area contributed by atoms with Gasteiger partial charge in [0.1, 0.15) is 0 Å². The topological polar surface area (TPSA) is 50.2 Å². The number of hydrogen-bond acceptors (Lipinski definition) is 4. The summed E-state index contributed by atoms with van der Waals surface area (Å²) in [6, 6.07) is 9.69. The molecule has 0 amide bonds. The van der Waals surface area contributed by atoms with E-state index < -0.39 is 5.97 Å². The Kier molecular flexibility index (Phi) is 3.81. The Morgan fingerprint density at radius 1 is 1.41 bits per heavy atom. The number of aromatic nitrogens is 1. The Hall–Kier alpha value is -1.33. The summed E-state index contributed by atoms with van der Waals surface area (Å²) in [4.78, 5) is 16.1. The number of rotatable bonds is 4. The molecule has 0 aliphatic heterocycles. The standard InChI is InChI=1S/C12H11NO2S2/c1-16-12-13-11(8-5-3-2-4-6-8)9(17-12)7-10(14)15/h2-6H,7H2,1H3,(H,14,15). The van der Waals surface area contributed by atoms with Gasteiger partial charge in [0.15, 0.2) is 4.34 Å². The summed E-state index contributed by atoms with van der Waals surface area (Å²) in [5, 5.41) is 8.89. The molecule has 0 spiro atoms. The smallest absolute Gasteiger partial charge is 0.308 e. The Balaban J connectivity index is 2.44. The van der Waals surface area contributed by atoms with Gasteiger partial charge < -0.3 is 5.11 Å².